The molecule has 4 atom stereocenters. The summed E-state index contributed by atoms with van der Waals surface area (Å²) in [5, 5.41) is 45.1. The summed E-state index contributed by atoms with van der Waals surface area (Å²) in [6, 6.07) is 9.63. The monoisotopic (exact) mass is 603 g/mol. The SMILES string of the molecule is CN(C)CC(=O)CCc1ccc(-c2ccc(O)c3c2C[C@H]2C[C@@H]4[C@@H](N(C)C)C(=O)C(C(N)=O)=C(O)[C@]4(O)C(=O)C2=C3O)cc1. The fraction of sp³-hybridized carbons (Fsp3) is 0.394. The molecule has 0 bridgehead atoms. The van der Waals surface area contributed by atoms with Gasteiger partial charge in [-0.3, -0.25) is 24.1 Å². The highest BCUT2D eigenvalue weighted by molar-refractivity contribution is 6.24. The molecule has 232 valence electrons. The lowest BCUT2D eigenvalue weighted by molar-refractivity contribution is -0.153. The van der Waals surface area contributed by atoms with Crippen LogP contribution in [-0.2, 0) is 32.0 Å². The standard InChI is InChI=1S/C33H37N3O8/c1-35(2)15-19(37)10-7-16-5-8-17(9-6-16)20-11-12-23(38)25-21(20)13-18-14-22-27(36(3)4)29(40)26(32(34)43)31(42)33(22,44)30(41)24(18)28(25)39/h5-6,8-9,11-12,18,22,27,38-39,42,44H,7,10,13-15H2,1-4H3,(H2,34,43)/t18-,22+,27+,33+/m0/s1. The van der Waals surface area contributed by atoms with Crippen molar-refractivity contribution in [3.05, 3.63) is 70.0 Å². The number of carbonyl (C=O) groups is 4. The smallest absolute Gasteiger partial charge is 0.255 e. The number of aliphatic hydroxyl groups is 3. The van der Waals surface area contributed by atoms with Crippen molar-refractivity contribution in [1.29, 1.82) is 0 Å². The molecule has 0 heterocycles. The number of phenolic OH excluding ortho intramolecular Hbond substituents is 1. The zero-order chi connectivity index (χ0) is 32.2. The van der Waals surface area contributed by atoms with Crippen LogP contribution in [0.3, 0.4) is 0 Å². The number of likely N-dealkylation sites (N-methyl/N-ethyl adjacent to an activating group) is 2. The van der Waals surface area contributed by atoms with E-state index in [1.807, 2.05) is 43.3 Å². The Balaban J connectivity index is 1.56. The summed E-state index contributed by atoms with van der Waals surface area (Å²) in [5.74, 6) is -6.70. The number of Topliss-reactive ketones (excluding diaryl/α,β-unsaturated/α-hetero) is 3. The number of aromatic hydroxyl groups is 1. The Hall–Kier alpha value is -4.32. The summed E-state index contributed by atoms with van der Waals surface area (Å²) in [7, 11) is 6.82. The molecular formula is C33H37N3O8. The fourth-order valence-corrected chi connectivity index (χ4v) is 7.08. The quantitative estimate of drug-likeness (QED) is 0.279. The second kappa shape index (κ2) is 11.3. The van der Waals surface area contributed by atoms with Crippen LogP contribution < -0.4 is 5.73 Å². The lowest BCUT2D eigenvalue weighted by Gasteiger charge is -2.50. The third-order valence-electron chi connectivity index (χ3n) is 9.05. The number of ketones is 3. The summed E-state index contributed by atoms with van der Waals surface area (Å²) in [4.78, 5) is 54.9. The zero-order valence-corrected chi connectivity index (χ0v) is 25.1. The molecular weight excluding hydrogens is 566 g/mol. The van der Waals surface area contributed by atoms with Crippen molar-refractivity contribution in [3.63, 3.8) is 0 Å². The number of hydrogen-bond donors (Lipinski definition) is 5. The third-order valence-corrected chi connectivity index (χ3v) is 9.05. The molecule has 1 fully saturated rings. The largest absolute Gasteiger partial charge is 0.508 e. The van der Waals surface area contributed by atoms with Gasteiger partial charge < -0.3 is 31.1 Å². The van der Waals surface area contributed by atoms with E-state index >= 15 is 0 Å². The highest BCUT2D eigenvalue weighted by atomic mass is 16.3. The highest BCUT2D eigenvalue weighted by Gasteiger charge is 2.64. The van der Waals surface area contributed by atoms with E-state index < -0.39 is 58.0 Å². The molecule has 0 aromatic heterocycles. The van der Waals surface area contributed by atoms with E-state index in [1.54, 1.807) is 20.2 Å². The number of fused-ring (bicyclic) bond motifs is 3. The van der Waals surface area contributed by atoms with Gasteiger partial charge in [-0.1, -0.05) is 30.3 Å². The topological polar surface area (TPSA) is 182 Å². The second-order valence-electron chi connectivity index (χ2n) is 12.4. The summed E-state index contributed by atoms with van der Waals surface area (Å²) in [5.41, 5.74) is 4.78. The van der Waals surface area contributed by atoms with Gasteiger partial charge in [-0.2, -0.15) is 0 Å². The van der Waals surface area contributed by atoms with Crippen LogP contribution >= 0.6 is 0 Å². The van der Waals surface area contributed by atoms with Crippen LogP contribution in [0, 0.1) is 11.8 Å². The molecule has 0 spiro atoms. The first kappa shape index (κ1) is 31.1. The molecule has 44 heavy (non-hydrogen) atoms. The molecule has 0 aliphatic heterocycles. The first-order valence-corrected chi connectivity index (χ1v) is 14.4. The predicted octanol–water partition coefficient (Wildman–Crippen LogP) is 1.69. The summed E-state index contributed by atoms with van der Waals surface area (Å²) in [6.45, 7) is 0.379. The van der Waals surface area contributed by atoms with Gasteiger partial charge in [-0.25, -0.2) is 0 Å². The minimum absolute atomic E-state index is 0.0147. The van der Waals surface area contributed by atoms with Crippen LogP contribution in [0.1, 0.15) is 29.5 Å². The van der Waals surface area contributed by atoms with E-state index in [2.05, 4.69) is 0 Å². The van der Waals surface area contributed by atoms with Crippen molar-refractivity contribution in [2.45, 2.75) is 37.3 Å². The van der Waals surface area contributed by atoms with Gasteiger partial charge in [0.15, 0.2) is 11.4 Å². The summed E-state index contributed by atoms with van der Waals surface area (Å²) in [6.07, 6.45) is 1.21. The molecule has 0 saturated heterocycles. The molecule has 11 heteroatoms. The molecule has 6 N–H and O–H groups in total. The van der Waals surface area contributed by atoms with Gasteiger partial charge in [0.05, 0.1) is 18.2 Å². The van der Waals surface area contributed by atoms with Gasteiger partial charge >= 0.3 is 0 Å². The molecule has 2 aromatic carbocycles. The number of nitrogens with zero attached hydrogens (tertiary/aromatic N) is 2. The van der Waals surface area contributed by atoms with E-state index in [-0.39, 0.29) is 35.5 Å². The highest BCUT2D eigenvalue weighted by Crippen LogP contribution is 2.53. The maximum absolute atomic E-state index is 14.0. The van der Waals surface area contributed by atoms with Gasteiger partial charge in [0.2, 0.25) is 5.78 Å². The Labute approximate surface area is 254 Å². The van der Waals surface area contributed by atoms with Crippen molar-refractivity contribution >= 4 is 29.0 Å². The molecule has 3 aliphatic rings. The molecule has 0 unspecified atom stereocenters. The van der Waals surface area contributed by atoms with Gasteiger partial charge in [0, 0.05) is 17.9 Å². The maximum Gasteiger partial charge on any atom is 0.255 e. The molecule has 5 rings (SSSR count). The van der Waals surface area contributed by atoms with E-state index in [0.717, 1.165) is 16.7 Å². The number of primary amides is 1. The fourth-order valence-electron chi connectivity index (χ4n) is 7.08. The van der Waals surface area contributed by atoms with Crippen LogP contribution in [0.5, 0.6) is 5.75 Å². The van der Waals surface area contributed by atoms with Crippen LogP contribution in [-0.4, -0.2) is 99.9 Å². The first-order chi connectivity index (χ1) is 20.7. The third kappa shape index (κ3) is 4.90. The Morgan fingerprint density at radius 2 is 1.66 bits per heavy atom. The van der Waals surface area contributed by atoms with Gasteiger partial charge in [-0.15, -0.1) is 0 Å². The van der Waals surface area contributed by atoms with Crippen molar-refractivity contribution in [1.82, 2.24) is 9.80 Å². The van der Waals surface area contributed by atoms with E-state index in [9.17, 15) is 39.6 Å². The number of aryl methyl sites for hydroxylation is 1. The predicted molar refractivity (Wildman–Crippen MR) is 162 cm³/mol. The second-order valence-corrected chi connectivity index (χ2v) is 12.4. The average Bonchev–Trinajstić information content (AvgIpc) is 2.93. The van der Waals surface area contributed by atoms with Crippen molar-refractivity contribution in [2.75, 3.05) is 34.7 Å². The molecule has 1 saturated carbocycles. The Kier molecular flexibility index (Phi) is 8.00. The van der Waals surface area contributed by atoms with Gasteiger partial charge in [0.25, 0.3) is 5.91 Å². The Morgan fingerprint density at radius 3 is 2.25 bits per heavy atom. The van der Waals surface area contributed by atoms with Crippen LogP contribution in [0.15, 0.2) is 53.3 Å². The lowest BCUT2D eigenvalue weighted by atomic mass is 9.57. The van der Waals surface area contributed by atoms with E-state index in [4.69, 9.17) is 5.73 Å². The molecule has 2 aromatic rings. The Bertz CT molecular complexity index is 1640. The summed E-state index contributed by atoms with van der Waals surface area (Å²) < 4.78 is 0. The number of hydrogen-bond acceptors (Lipinski definition) is 10. The van der Waals surface area contributed by atoms with Gasteiger partial charge in [0.1, 0.15) is 28.6 Å². The maximum atomic E-state index is 14.0. The molecule has 0 radical (unpaired) electrons. The number of phenols is 1. The van der Waals surface area contributed by atoms with Crippen molar-refractivity contribution in [3.8, 4) is 16.9 Å². The molecule has 1 amide bonds. The van der Waals surface area contributed by atoms with Crippen molar-refractivity contribution < 1.29 is 39.6 Å². The minimum Gasteiger partial charge on any atom is -0.508 e. The van der Waals surface area contributed by atoms with Crippen LogP contribution in [0.25, 0.3) is 16.9 Å². The lowest BCUT2D eigenvalue weighted by Crippen LogP contribution is -2.65. The number of benzene rings is 2. The number of amides is 1. The average molecular weight is 604 g/mol. The molecule has 11 nitrogen and oxygen atoms in total. The minimum atomic E-state index is -2.68. The van der Waals surface area contributed by atoms with Crippen LogP contribution in [0.4, 0.5) is 0 Å². The number of nitrogens with two attached hydrogens (primary N) is 1. The van der Waals surface area contributed by atoms with E-state index in [0.29, 0.717) is 24.9 Å². The van der Waals surface area contributed by atoms with Crippen molar-refractivity contribution in [2.24, 2.45) is 17.6 Å². The number of rotatable bonds is 8. The first-order valence-electron chi connectivity index (χ1n) is 14.4. The van der Waals surface area contributed by atoms with Crippen LogP contribution in [0.2, 0.25) is 0 Å². The summed E-state index contributed by atoms with van der Waals surface area (Å²) >= 11 is 0. The van der Waals surface area contributed by atoms with E-state index in [1.165, 1.54) is 11.0 Å². The number of aliphatic hydroxyl groups excluding tert-OH is 2. The Morgan fingerprint density at radius 1 is 1.00 bits per heavy atom. The zero-order valence-electron chi connectivity index (χ0n) is 25.1. The van der Waals surface area contributed by atoms with Gasteiger partial charge in [-0.05, 0) is 81.7 Å². The molecule has 3 aliphatic carbocycles. The normalized spacial score (nSPS) is 24.8. The number of carbonyl (C=O) groups excluding carboxylic acids is 4.